The minimum absolute atomic E-state index is 0.411. The van der Waals surface area contributed by atoms with E-state index < -0.39 is 0 Å². The molecule has 1 aliphatic rings. The summed E-state index contributed by atoms with van der Waals surface area (Å²) in [7, 11) is 3.28. The van der Waals surface area contributed by atoms with E-state index in [-0.39, 0.29) is 0 Å². The van der Waals surface area contributed by atoms with Gasteiger partial charge in [-0.2, -0.15) is 5.10 Å². The van der Waals surface area contributed by atoms with Crippen molar-refractivity contribution in [2.45, 2.75) is 18.9 Å². The van der Waals surface area contributed by atoms with Crippen LogP contribution >= 0.6 is 0 Å². The Labute approximate surface area is 158 Å². The van der Waals surface area contributed by atoms with Crippen molar-refractivity contribution in [3.8, 4) is 11.5 Å². The Hall–Kier alpha value is -3.09. The molecular weight excluding hydrogens is 342 g/mol. The normalized spacial score (nSPS) is 15.0. The van der Waals surface area contributed by atoms with Crippen LogP contribution in [-0.2, 0) is 0 Å². The van der Waals surface area contributed by atoms with Crippen molar-refractivity contribution in [3.05, 3.63) is 42.7 Å². The average molecular weight is 365 g/mol. The zero-order valence-electron chi connectivity index (χ0n) is 15.6. The van der Waals surface area contributed by atoms with E-state index in [1.807, 2.05) is 36.5 Å². The lowest BCUT2D eigenvalue weighted by Crippen LogP contribution is -2.39. The van der Waals surface area contributed by atoms with Crippen molar-refractivity contribution in [3.63, 3.8) is 0 Å². The van der Waals surface area contributed by atoms with Gasteiger partial charge >= 0.3 is 0 Å². The zero-order valence-corrected chi connectivity index (χ0v) is 15.6. The van der Waals surface area contributed by atoms with Gasteiger partial charge in [0.25, 0.3) is 0 Å². The standard InChI is InChI=1S/C20H23N5O2/c1-26-17-11-14-13-22-24-20(16(14)12-18(17)27-2)25-9-6-15(7-10-25)23-19-5-3-4-8-21-19/h3-5,8,11-13,15H,6-7,9-10H2,1-2H3,(H,21,23). The van der Waals surface area contributed by atoms with Gasteiger partial charge in [0, 0.05) is 36.1 Å². The zero-order chi connectivity index (χ0) is 18.6. The van der Waals surface area contributed by atoms with E-state index in [1.165, 1.54) is 0 Å². The van der Waals surface area contributed by atoms with Gasteiger partial charge in [-0.15, -0.1) is 5.10 Å². The lowest BCUT2D eigenvalue weighted by molar-refractivity contribution is 0.356. The second-order valence-corrected chi connectivity index (χ2v) is 6.58. The van der Waals surface area contributed by atoms with Gasteiger partial charge in [0.15, 0.2) is 17.3 Å². The van der Waals surface area contributed by atoms with Gasteiger partial charge in [0.1, 0.15) is 5.82 Å². The van der Waals surface area contributed by atoms with Crippen LogP contribution in [0.25, 0.3) is 10.8 Å². The minimum atomic E-state index is 0.411. The second-order valence-electron chi connectivity index (χ2n) is 6.58. The van der Waals surface area contributed by atoms with Crippen LogP contribution in [0.4, 0.5) is 11.6 Å². The van der Waals surface area contributed by atoms with Crippen molar-refractivity contribution in [2.75, 3.05) is 37.5 Å². The first-order valence-electron chi connectivity index (χ1n) is 9.08. The highest BCUT2D eigenvalue weighted by Gasteiger charge is 2.22. The summed E-state index contributed by atoms with van der Waals surface area (Å²) in [5.41, 5.74) is 0. The third-order valence-electron chi connectivity index (χ3n) is 4.96. The molecule has 1 aliphatic heterocycles. The number of methoxy groups -OCH3 is 2. The number of benzene rings is 1. The summed E-state index contributed by atoms with van der Waals surface area (Å²) in [5.74, 6) is 3.22. The molecule has 7 nitrogen and oxygen atoms in total. The second kappa shape index (κ2) is 7.65. The molecule has 1 aromatic carbocycles. The van der Waals surface area contributed by atoms with E-state index in [4.69, 9.17) is 9.47 Å². The number of anilines is 2. The van der Waals surface area contributed by atoms with E-state index in [2.05, 4.69) is 25.4 Å². The van der Waals surface area contributed by atoms with Gasteiger partial charge in [-0.05, 0) is 37.1 Å². The first-order chi connectivity index (χ1) is 13.3. The predicted octanol–water partition coefficient (Wildman–Crippen LogP) is 3.12. The van der Waals surface area contributed by atoms with Gasteiger partial charge in [0.2, 0.25) is 0 Å². The highest BCUT2D eigenvalue weighted by Crippen LogP contribution is 2.35. The topological polar surface area (TPSA) is 72.4 Å². The smallest absolute Gasteiger partial charge is 0.161 e. The largest absolute Gasteiger partial charge is 0.493 e. The molecule has 0 unspecified atom stereocenters. The number of hydrogen-bond acceptors (Lipinski definition) is 7. The molecule has 0 atom stereocenters. The number of pyridine rings is 1. The van der Waals surface area contributed by atoms with E-state index in [1.54, 1.807) is 20.4 Å². The Morgan fingerprint density at radius 1 is 1.07 bits per heavy atom. The van der Waals surface area contributed by atoms with Crippen molar-refractivity contribution in [1.82, 2.24) is 15.2 Å². The Kier molecular flexibility index (Phi) is 4.91. The molecule has 1 N–H and O–H groups in total. The quantitative estimate of drug-likeness (QED) is 0.745. The molecule has 0 saturated carbocycles. The van der Waals surface area contributed by atoms with Crippen molar-refractivity contribution >= 4 is 22.4 Å². The SMILES string of the molecule is COc1cc2cnnc(N3CCC(Nc4ccccn4)CC3)c2cc1OC. The van der Waals surface area contributed by atoms with E-state index in [9.17, 15) is 0 Å². The lowest BCUT2D eigenvalue weighted by Gasteiger charge is -2.33. The molecule has 0 bridgehead atoms. The fourth-order valence-electron chi connectivity index (χ4n) is 3.52. The summed E-state index contributed by atoms with van der Waals surface area (Å²) in [6.45, 7) is 1.82. The van der Waals surface area contributed by atoms with E-state index in [0.29, 0.717) is 17.5 Å². The average Bonchev–Trinajstić information content (AvgIpc) is 2.73. The van der Waals surface area contributed by atoms with Crippen LogP contribution in [0.1, 0.15) is 12.8 Å². The first kappa shape index (κ1) is 17.3. The number of piperidine rings is 1. The maximum atomic E-state index is 5.46. The highest BCUT2D eigenvalue weighted by atomic mass is 16.5. The number of rotatable bonds is 5. The van der Waals surface area contributed by atoms with Gasteiger partial charge < -0.3 is 19.7 Å². The lowest BCUT2D eigenvalue weighted by atomic mass is 10.0. The number of hydrogen-bond donors (Lipinski definition) is 1. The maximum absolute atomic E-state index is 5.46. The molecule has 27 heavy (non-hydrogen) atoms. The van der Waals surface area contributed by atoms with Crippen molar-refractivity contribution < 1.29 is 9.47 Å². The third-order valence-corrected chi connectivity index (χ3v) is 4.96. The summed E-state index contributed by atoms with van der Waals surface area (Å²) in [4.78, 5) is 6.64. The van der Waals surface area contributed by atoms with Crippen LogP contribution < -0.4 is 19.7 Å². The molecule has 2 aromatic heterocycles. The van der Waals surface area contributed by atoms with Gasteiger partial charge in [-0.3, -0.25) is 0 Å². The number of ether oxygens (including phenoxy) is 2. The third kappa shape index (κ3) is 3.58. The molecule has 4 rings (SSSR count). The van der Waals surface area contributed by atoms with Crippen molar-refractivity contribution in [2.24, 2.45) is 0 Å². The summed E-state index contributed by atoms with van der Waals surface area (Å²) in [6.07, 6.45) is 5.60. The molecule has 1 fully saturated rings. The summed E-state index contributed by atoms with van der Waals surface area (Å²) < 4.78 is 10.9. The van der Waals surface area contributed by atoms with Crippen LogP contribution in [0.15, 0.2) is 42.7 Å². The molecule has 7 heteroatoms. The minimum Gasteiger partial charge on any atom is -0.493 e. The van der Waals surface area contributed by atoms with Crippen LogP contribution in [-0.4, -0.2) is 48.5 Å². The van der Waals surface area contributed by atoms with Gasteiger partial charge in [0.05, 0.1) is 20.4 Å². The van der Waals surface area contributed by atoms with Gasteiger partial charge in [-0.1, -0.05) is 6.07 Å². The van der Waals surface area contributed by atoms with Crippen LogP contribution in [0.2, 0.25) is 0 Å². The molecule has 0 spiro atoms. The van der Waals surface area contributed by atoms with E-state index >= 15 is 0 Å². The molecule has 3 aromatic rings. The molecule has 0 radical (unpaired) electrons. The fourth-order valence-corrected chi connectivity index (χ4v) is 3.52. The number of nitrogens with one attached hydrogen (secondary N) is 1. The van der Waals surface area contributed by atoms with E-state index in [0.717, 1.165) is 48.3 Å². The molecule has 140 valence electrons. The molecule has 1 saturated heterocycles. The monoisotopic (exact) mass is 365 g/mol. The van der Waals surface area contributed by atoms with Gasteiger partial charge in [-0.25, -0.2) is 4.98 Å². The maximum Gasteiger partial charge on any atom is 0.161 e. The number of nitrogens with zero attached hydrogens (tertiary/aromatic N) is 4. The summed E-state index contributed by atoms with van der Waals surface area (Å²) >= 11 is 0. The summed E-state index contributed by atoms with van der Waals surface area (Å²) in [6, 6.07) is 10.3. The Morgan fingerprint density at radius 2 is 1.85 bits per heavy atom. The molecule has 0 amide bonds. The predicted molar refractivity (Wildman–Crippen MR) is 106 cm³/mol. The first-order valence-corrected chi connectivity index (χ1v) is 9.08. The molecule has 3 heterocycles. The Balaban J connectivity index is 1.53. The van der Waals surface area contributed by atoms with Crippen LogP contribution in [0, 0.1) is 0 Å². The van der Waals surface area contributed by atoms with Crippen LogP contribution in [0.3, 0.4) is 0 Å². The van der Waals surface area contributed by atoms with Crippen LogP contribution in [0.5, 0.6) is 11.5 Å². The Bertz CT molecular complexity index is 911. The van der Waals surface area contributed by atoms with Crippen molar-refractivity contribution in [1.29, 1.82) is 0 Å². The molecule has 0 aliphatic carbocycles. The summed E-state index contributed by atoms with van der Waals surface area (Å²) in [5, 5.41) is 14.1. The fraction of sp³-hybridized carbons (Fsp3) is 0.350. The number of fused-ring (bicyclic) bond motifs is 1. The molecular formula is C20H23N5O2. The highest BCUT2D eigenvalue weighted by molar-refractivity contribution is 5.94. The number of aromatic nitrogens is 3. The Morgan fingerprint density at radius 3 is 2.56 bits per heavy atom.